The Labute approximate surface area is 78.8 Å². The molecule has 3 nitrogen and oxygen atoms in total. The van der Waals surface area contributed by atoms with Gasteiger partial charge in [-0.05, 0) is 38.5 Å². The summed E-state index contributed by atoms with van der Waals surface area (Å²) >= 11 is 0. The van der Waals surface area contributed by atoms with Gasteiger partial charge in [-0.1, -0.05) is 0 Å². The summed E-state index contributed by atoms with van der Waals surface area (Å²) in [6.45, 7) is 0. The number of nitrogens with zero attached hydrogens (tertiary/aromatic N) is 1. The van der Waals surface area contributed by atoms with Gasteiger partial charge in [-0.15, -0.1) is 5.16 Å². The third kappa shape index (κ3) is 1.35. The Hall–Kier alpha value is -0.570. The fourth-order valence-corrected chi connectivity index (χ4v) is 2.80. The van der Waals surface area contributed by atoms with Gasteiger partial charge in [0.25, 0.3) is 0 Å². The van der Waals surface area contributed by atoms with E-state index in [0.717, 1.165) is 38.5 Å². The minimum absolute atomic E-state index is 0.158. The lowest BCUT2D eigenvalue weighted by atomic mass is 9.59. The van der Waals surface area contributed by atoms with Gasteiger partial charge in [0.15, 0.2) is 0 Å². The summed E-state index contributed by atoms with van der Waals surface area (Å²) in [6, 6.07) is 0. The lowest BCUT2D eigenvalue weighted by Gasteiger charge is -2.50. The Morgan fingerprint density at radius 3 is 2.08 bits per heavy atom. The quantitative estimate of drug-likeness (QED) is 0.405. The van der Waals surface area contributed by atoms with Gasteiger partial charge in [-0.25, -0.2) is 0 Å². The number of fused-ring (bicyclic) bond motifs is 3. The summed E-state index contributed by atoms with van der Waals surface area (Å²) in [5, 5.41) is 11.8. The molecule has 0 amide bonds. The molecule has 74 valence electrons. The van der Waals surface area contributed by atoms with Crippen molar-refractivity contribution in [2.24, 2.45) is 10.6 Å². The lowest BCUT2D eigenvalue weighted by Crippen LogP contribution is -2.47. The molecule has 0 aromatic heterocycles. The molecular weight excluding hydrogens is 166 g/mol. The van der Waals surface area contributed by atoms with Gasteiger partial charge in [-0.2, -0.15) is 0 Å². The van der Waals surface area contributed by atoms with Crippen molar-refractivity contribution < 1.29 is 9.94 Å². The van der Waals surface area contributed by atoms with Crippen LogP contribution >= 0.6 is 0 Å². The van der Waals surface area contributed by atoms with Crippen molar-refractivity contribution in [3.05, 3.63) is 0 Å². The van der Waals surface area contributed by atoms with Crippen LogP contribution in [0.4, 0.5) is 0 Å². The molecule has 0 heterocycles. The van der Waals surface area contributed by atoms with Crippen LogP contribution < -0.4 is 0 Å². The highest BCUT2D eigenvalue weighted by Gasteiger charge is 2.48. The van der Waals surface area contributed by atoms with E-state index in [0.29, 0.717) is 0 Å². The Balaban J connectivity index is 2.11. The average Bonchev–Trinajstić information content (AvgIpc) is 2.21. The first kappa shape index (κ1) is 9.00. The minimum Gasteiger partial charge on any atom is -0.411 e. The fraction of sp³-hybridized carbons (Fsp3) is 0.900. The van der Waals surface area contributed by atoms with Crippen LogP contribution in [0.3, 0.4) is 0 Å². The van der Waals surface area contributed by atoms with E-state index in [2.05, 4.69) is 5.16 Å². The molecule has 0 saturated heterocycles. The predicted molar refractivity (Wildman–Crippen MR) is 50.2 cm³/mol. The fourth-order valence-electron chi connectivity index (χ4n) is 2.80. The Morgan fingerprint density at radius 1 is 1.15 bits per heavy atom. The van der Waals surface area contributed by atoms with Crippen molar-refractivity contribution in [3.8, 4) is 0 Å². The summed E-state index contributed by atoms with van der Waals surface area (Å²) in [4.78, 5) is 0. The second kappa shape index (κ2) is 2.98. The molecule has 3 rings (SSSR count). The molecule has 3 fully saturated rings. The number of rotatable bonds is 2. The number of methoxy groups -OCH3 is 1. The van der Waals surface area contributed by atoms with Gasteiger partial charge in [-0.3, -0.25) is 0 Å². The first-order valence-electron chi connectivity index (χ1n) is 4.98. The molecule has 0 radical (unpaired) electrons. The molecule has 3 aliphatic carbocycles. The van der Waals surface area contributed by atoms with Gasteiger partial charge < -0.3 is 9.94 Å². The molecule has 3 aliphatic rings. The number of oxime groups is 1. The Kier molecular flexibility index (Phi) is 2.06. The third-order valence-electron chi connectivity index (χ3n) is 4.00. The predicted octanol–water partition coefficient (Wildman–Crippen LogP) is 2.19. The number of ether oxygens (including phenoxy) is 1. The normalized spacial score (nSPS) is 44.4. The molecule has 3 saturated carbocycles. The number of hydrogen-bond donors (Lipinski definition) is 1. The Morgan fingerprint density at radius 2 is 1.69 bits per heavy atom. The first-order valence-corrected chi connectivity index (χ1v) is 4.98. The second-order valence-corrected chi connectivity index (χ2v) is 4.49. The largest absolute Gasteiger partial charge is 0.411 e. The van der Waals surface area contributed by atoms with Gasteiger partial charge in [0.05, 0.1) is 5.60 Å². The topological polar surface area (TPSA) is 41.8 Å². The highest BCUT2D eigenvalue weighted by atomic mass is 16.5. The standard InChI is InChI=1S/C10H17NO2/c1-13-10-5-2-9(3-6-10,4-7-10)8-11-12/h8,12H,2-7H2,1H3/b11-8+. The van der Waals surface area contributed by atoms with Crippen molar-refractivity contribution in [1.29, 1.82) is 0 Å². The van der Waals surface area contributed by atoms with Crippen LogP contribution in [-0.4, -0.2) is 24.1 Å². The van der Waals surface area contributed by atoms with Crippen LogP contribution in [0.5, 0.6) is 0 Å². The van der Waals surface area contributed by atoms with Crippen LogP contribution in [0.2, 0.25) is 0 Å². The zero-order chi connectivity index (χ0) is 9.36. The number of hydrogen-bond acceptors (Lipinski definition) is 3. The van der Waals surface area contributed by atoms with Crippen LogP contribution in [0.25, 0.3) is 0 Å². The molecule has 0 spiro atoms. The smallest absolute Gasteiger partial charge is 0.0679 e. The van der Waals surface area contributed by atoms with Gasteiger partial charge >= 0.3 is 0 Å². The van der Waals surface area contributed by atoms with Crippen molar-refractivity contribution in [1.82, 2.24) is 0 Å². The van der Waals surface area contributed by atoms with Crippen LogP contribution in [0.1, 0.15) is 38.5 Å². The average molecular weight is 183 g/mol. The van der Waals surface area contributed by atoms with E-state index in [4.69, 9.17) is 9.94 Å². The highest BCUT2D eigenvalue weighted by Crippen LogP contribution is 2.52. The van der Waals surface area contributed by atoms with Gasteiger partial charge in [0.2, 0.25) is 0 Å². The van der Waals surface area contributed by atoms with Gasteiger partial charge in [0, 0.05) is 18.7 Å². The van der Waals surface area contributed by atoms with Crippen molar-refractivity contribution in [3.63, 3.8) is 0 Å². The molecule has 3 heteroatoms. The Bertz CT molecular complexity index is 200. The van der Waals surface area contributed by atoms with E-state index in [1.807, 2.05) is 7.11 Å². The van der Waals surface area contributed by atoms with Crippen molar-refractivity contribution >= 4 is 6.21 Å². The summed E-state index contributed by atoms with van der Waals surface area (Å²) in [7, 11) is 1.82. The third-order valence-corrected chi connectivity index (χ3v) is 4.00. The zero-order valence-corrected chi connectivity index (χ0v) is 8.12. The SMILES string of the molecule is COC12CCC(/C=N/O)(CC1)CC2. The molecule has 0 aliphatic heterocycles. The molecular formula is C10H17NO2. The molecule has 1 N–H and O–H groups in total. The van der Waals surface area contributed by atoms with E-state index < -0.39 is 0 Å². The van der Waals surface area contributed by atoms with E-state index in [1.54, 1.807) is 6.21 Å². The van der Waals surface area contributed by atoms with E-state index in [9.17, 15) is 0 Å². The zero-order valence-electron chi connectivity index (χ0n) is 8.12. The summed E-state index contributed by atoms with van der Waals surface area (Å²) in [6.07, 6.45) is 8.45. The van der Waals surface area contributed by atoms with Crippen LogP contribution in [0, 0.1) is 5.41 Å². The van der Waals surface area contributed by atoms with E-state index >= 15 is 0 Å². The summed E-state index contributed by atoms with van der Waals surface area (Å²) < 4.78 is 5.58. The molecule has 13 heavy (non-hydrogen) atoms. The van der Waals surface area contributed by atoms with Crippen LogP contribution in [-0.2, 0) is 4.74 Å². The van der Waals surface area contributed by atoms with Crippen molar-refractivity contribution in [2.45, 2.75) is 44.1 Å². The minimum atomic E-state index is 0.158. The maximum absolute atomic E-state index is 8.59. The summed E-state index contributed by atoms with van der Waals surface area (Å²) in [5.41, 5.74) is 0.347. The molecule has 0 atom stereocenters. The van der Waals surface area contributed by atoms with E-state index in [-0.39, 0.29) is 11.0 Å². The lowest BCUT2D eigenvalue weighted by molar-refractivity contribution is -0.0981. The van der Waals surface area contributed by atoms with E-state index in [1.165, 1.54) is 0 Å². The molecule has 2 bridgehead atoms. The molecule has 0 unspecified atom stereocenters. The van der Waals surface area contributed by atoms with Crippen LogP contribution in [0.15, 0.2) is 5.16 Å². The second-order valence-electron chi connectivity index (χ2n) is 4.49. The molecule has 0 aromatic rings. The first-order chi connectivity index (χ1) is 6.24. The highest BCUT2D eigenvalue weighted by molar-refractivity contribution is 5.65. The summed E-state index contributed by atoms with van der Waals surface area (Å²) in [5.74, 6) is 0. The van der Waals surface area contributed by atoms with Crippen molar-refractivity contribution in [2.75, 3.05) is 7.11 Å². The van der Waals surface area contributed by atoms with Gasteiger partial charge in [0.1, 0.15) is 0 Å². The monoisotopic (exact) mass is 183 g/mol. The molecule has 0 aromatic carbocycles. The maximum atomic E-state index is 8.59. The maximum Gasteiger partial charge on any atom is 0.0679 e.